The van der Waals surface area contributed by atoms with E-state index < -0.39 is 0 Å². The number of hydrogen-bond acceptors (Lipinski definition) is 7. The Labute approximate surface area is 157 Å². The largest absolute Gasteiger partial charge is 0.492 e. The van der Waals surface area contributed by atoms with E-state index in [9.17, 15) is 5.21 Å². The first-order valence-corrected chi connectivity index (χ1v) is 9.08. The van der Waals surface area contributed by atoms with Crippen molar-refractivity contribution >= 4 is 5.71 Å². The normalized spacial score (nSPS) is 19.2. The van der Waals surface area contributed by atoms with Gasteiger partial charge in [0.1, 0.15) is 0 Å². The Balaban J connectivity index is 1.61. The number of likely N-dealkylation sites (N-methyl/N-ethyl adjacent to an activating group) is 1. The van der Waals surface area contributed by atoms with E-state index >= 15 is 0 Å². The predicted octanol–water partition coefficient (Wildman–Crippen LogP) is 2.46. The molecule has 0 bridgehead atoms. The van der Waals surface area contributed by atoms with Crippen LogP contribution in [0.25, 0.3) is 0 Å². The molecule has 1 aromatic carbocycles. The molecule has 0 saturated heterocycles. The third-order valence-electron chi connectivity index (χ3n) is 5.31. The summed E-state index contributed by atoms with van der Waals surface area (Å²) >= 11 is 0. The molecule has 27 heavy (non-hydrogen) atoms. The molecule has 2 aliphatic heterocycles. The van der Waals surface area contributed by atoms with Gasteiger partial charge in [-0.15, -0.1) is 0 Å². The van der Waals surface area contributed by atoms with E-state index in [1.165, 1.54) is 5.56 Å². The third-order valence-corrected chi connectivity index (χ3v) is 5.31. The molecule has 0 saturated carbocycles. The molecule has 8 heteroatoms. The minimum absolute atomic E-state index is 0.0433. The second-order valence-electron chi connectivity index (χ2n) is 6.85. The first-order chi connectivity index (χ1) is 13.2. The van der Waals surface area contributed by atoms with Crippen LogP contribution in [0, 0.1) is 0 Å². The lowest BCUT2D eigenvalue weighted by atomic mass is 9.88. The molecule has 0 aliphatic carbocycles. The van der Waals surface area contributed by atoms with Crippen LogP contribution in [-0.2, 0) is 13.0 Å². The van der Waals surface area contributed by atoms with Gasteiger partial charge >= 0.3 is 0 Å². The molecule has 2 aliphatic rings. The van der Waals surface area contributed by atoms with Crippen LogP contribution in [0.1, 0.15) is 30.0 Å². The Hall–Kier alpha value is -2.74. The van der Waals surface area contributed by atoms with Crippen LogP contribution < -0.4 is 14.2 Å². The topological polar surface area (TPSA) is 81.3 Å². The zero-order chi connectivity index (χ0) is 18.8. The number of aryl methyl sites for hydroxylation is 1. The standard InChI is InChI=1S/C19H24N4O4/c1-22-8-4-13-10-16-18(27-12-26-16)19(25-2)17(13)15(22)11-14(21-24)5-9-23-7-3-6-20-23/h3,6-7,10,15,24H,4-5,8-9,11-12H2,1-2H3/b21-14+. The highest BCUT2D eigenvalue weighted by molar-refractivity contribution is 5.85. The second-order valence-corrected chi connectivity index (χ2v) is 6.85. The summed E-state index contributed by atoms with van der Waals surface area (Å²) in [6.45, 7) is 1.80. The lowest BCUT2D eigenvalue weighted by molar-refractivity contribution is 0.170. The van der Waals surface area contributed by atoms with Crippen LogP contribution >= 0.6 is 0 Å². The summed E-state index contributed by atoms with van der Waals surface area (Å²) in [4.78, 5) is 2.27. The molecule has 8 nitrogen and oxygen atoms in total. The number of rotatable bonds is 6. The maximum absolute atomic E-state index is 9.56. The highest BCUT2D eigenvalue weighted by Gasteiger charge is 2.34. The summed E-state index contributed by atoms with van der Waals surface area (Å²) in [5, 5.41) is 17.3. The van der Waals surface area contributed by atoms with E-state index in [1.54, 1.807) is 13.3 Å². The van der Waals surface area contributed by atoms with Crippen LogP contribution in [0.4, 0.5) is 0 Å². The average Bonchev–Trinajstić information content (AvgIpc) is 3.36. The van der Waals surface area contributed by atoms with Crippen molar-refractivity contribution in [3.05, 3.63) is 35.7 Å². The van der Waals surface area contributed by atoms with Crippen molar-refractivity contribution in [1.82, 2.24) is 14.7 Å². The maximum atomic E-state index is 9.56. The summed E-state index contributed by atoms with van der Waals surface area (Å²) in [6, 6.07) is 3.98. The highest BCUT2D eigenvalue weighted by atomic mass is 16.7. The van der Waals surface area contributed by atoms with Gasteiger partial charge in [-0.1, -0.05) is 5.16 Å². The summed E-state index contributed by atoms with van der Waals surface area (Å²) in [6.07, 6.45) is 5.80. The molecule has 0 radical (unpaired) electrons. The molecule has 1 unspecified atom stereocenters. The Morgan fingerprint density at radius 1 is 1.44 bits per heavy atom. The van der Waals surface area contributed by atoms with Crippen molar-refractivity contribution < 1.29 is 19.4 Å². The van der Waals surface area contributed by atoms with E-state index in [0.717, 1.165) is 35.7 Å². The lowest BCUT2D eigenvalue weighted by Crippen LogP contribution is -2.34. The molecule has 0 spiro atoms. The number of hydrogen-bond donors (Lipinski definition) is 1. The van der Waals surface area contributed by atoms with Gasteiger partial charge in [0.05, 0.1) is 12.8 Å². The minimum Gasteiger partial charge on any atom is -0.492 e. The lowest BCUT2D eigenvalue weighted by Gasteiger charge is -2.36. The van der Waals surface area contributed by atoms with Crippen LogP contribution in [0.15, 0.2) is 29.7 Å². The SMILES string of the molecule is COc1c2c(cc3c1C(C/C(CCn1cccn1)=N/O)N(C)CC3)OCO2. The number of aromatic nitrogens is 2. The molecule has 1 N–H and O–H groups in total. The van der Waals surface area contributed by atoms with Crippen LogP contribution in [0.3, 0.4) is 0 Å². The smallest absolute Gasteiger partial charge is 0.231 e. The minimum atomic E-state index is 0.0433. The number of ether oxygens (including phenoxy) is 3. The second kappa shape index (κ2) is 7.48. The van der Waals surface area contributed by atoms with E-state index in [4.69, 9.17) is 14.2 Å². The Morgan fingerprint density at radius 3 is 3.07 bits per heavy atom. The van der Waals surface area contributed by atoms with Crippen molar-refractivity contribution in [3.63, 3.8) is 0 Å². The molecule has 4 rings (SSSR count). The van der Waals surface area contributed by atoms with Crippen molar-refractivity contribution in [1.29, 1.82) is 0 Å². The quantitative estimate of drug-likeness (QED) is 0.477. The third kappa shape index (κ3) is 3.32. The van der Waals surface area contributed by atoms with Gasteiger partial charge in [0.15, 0.2) is 11.5 Å². The number of nitrogens with zero attached hydrogens (tertiary/aromatic N) is 4. The summed E-state index contributed by atoms with van der Waals surface area (Å²) in [5.74, 6) is 2.13. The van der Waals surface area contributed by atoms with Crippen LogP contribution in [-0.4, -0.2) is 53.1 Å². The van der Waals surface area contributed by atoms with Gasteiger partial charge in [-0.2, -0.15) is 5.10 Å². The van der Waals surface area contributed by atoms with Gasteiger partial charge in [-0.05, 0) is 31.2 Å². The summed E-state index contributed by atoms with van der Waals surface area (Å²) < 4.78 is 18.8. The zero-order valence-electron chi connectivity index (χ0n) is 15.6. The first kappa shape index (κ1) is 17.7. The number of oxime groups is 1. The van der Waals surface area contributed by atoms with Gasteiger partial charge in [0, 0.05) is 49.9 Å². The maximum Gasteiger partial charge on any atom is 0.231 e. The number of fused-ring (bicyclic) bond motifs is 2. The number of methoxy groups -OCH3 is 1. The van der Waals surface area contributed by atoms with Crippen molar-refractivity contribution in [2.75, 3.05) is 27.5 Å². The van der Waals surface area contributed by atoms with Gasteiger partial charge in [0.25, 0.3) is 0 Å². The fourth-order valence-electron chi connectivity index (χ4n) is 3.88. The van der Waals surface area contributed by atoms with E-state index in [2.05, 4.69) is 28.3 Å². The molecule has 0 amide bonds. The molecule has 2 aromatic rings. The van der Waals surface area contributed by atoms with E-state index in [0.29, 0.717) is 25.1 Å². The van der Waals surface area contributed by atoms with Gasteiger partial charge in [-0.3, -0.25) is 9.58 Å². The molecule has 1 atom stereocenters. The van der Waals surface area contributed by atoms with E-state index in [-0.39, 0.29) is 12.8 Å². The molecule has 1 aromatic heterocycles. The van der Waals surface area contributed by atoms with Gasteiger partial charge in [-0.25, -0.2) is 0 Å². The van der Waals surface area contributed by atoms with Crippen LogP contribution in [0.2, 0.25) is 0 Å². The Morgan fingerprint density at radius 2 is 2.33 bits per heavy atom. The molecule has 0 fully saturated rings. The van der Waals surface area contributed by atoms with Crippen molar-refractivity contribution in [3.8, 4) is 17.2 Å². The predicted molar refractivity (Wildman–Crippen MR) is 98.9 cm³/mol. The van der Waals surface area contributed by atoms with E-state index in [1.807, 2.05) is 16.9 Å². The summed E-state index contributed by atoms with van der Waals surface area (Å²) in [7, 11) is 3.74. The number of benzene rings is 1. The van der Waals surface area contributed by atoms with Crippen molar-refractivity contribution in [2.45, 2.75) is 31.8 Å². The average molecular weight is 372 g/mol. The highest BCUT2D eigenvalue weighted by Crippen LogP contribution is 2.50. The molecule has 144 valence electrons. The van der Waals surface area contributed by atoms with Gasteiger partial charge < -0.3 is 19.4 Å². The fourth-order valence-corrected chi connectivity index (χ4v) is 3.88. The Bertz CT molecular complexity index is 835. The van der Waals surface area contributed by atoms with Crippen LogP contribution in [0.5, 0.6) is 17.2 Å². The van der Waals surface area contributed by atoms with Crippen molar-refractivity contribution in [2.24, 2.45) is 5.16 Å². The molecular formula is C19H24N4O4. The monoisotopic (exact) mass is 372 g/mol. The zero-order valence-corrected chi connectivity index (χ0v) is 15.6. The summed E-state index contributed by atoms with van der Waals surface area (Å²) in [5.41, 5.74) is 3.02. The molecule has 3 heterocycles. The fraction of sp³-hybridized carbons (Fsp3) is 0.474. The first-order valence-electron chi connectivity index (χ1n) is 9.08. The Kier molecular flexibility index (Phi) is 4.89. The van der Waals surface area contributed by atoms with Gasteiger partial charge in [0.2, 0.25) is 12.5 Å². The molecular weight excluding hydrogens is 348 g/mol.